The van der Waals surface area contributed by atoms with Crippen molar-refractivity contribution in [2.45, 2.75) is 6.54 Å². The van der Waals surface area contributed by atoms with Crippen LogP contribution in [0.2, 0.25) is 0 Å². The number of benzene rings is 2. The van der Waals surface area contributed by atoms with Crippen molar-refractivity contribution in [1.29, 1.82) is 0 Å². The number of para-hydroxylation sites is 1. The molecule has 7 heteroatoms. The third-order valence-electron chi connectivity index (χ3n) is 3.61. The number of rotatable bonds is 4. The van der Waals surface area contributed by atoms with Crippen LogP contribution < -0.4 is 11.1 Å². The van der Waals surface area contributed by atoms with E-state index in [9.17, 15) is 0 Å². The van der Waals surface area contributed by atoms with Crippen LogP contribution in [0.4, 0.5) is 11.6 Å². The van der Waals surface area contributed by atoms with Crippen LogP contribution in [-0.2, 0) is 6.54 Å². The molecule has 0 unspecified atom stereocenters. The average molecular weight is 317 g/mol. The van der Waals surface area contributed by atoms with E-state index in [-0.39, 0.29) is 0 Å². The molecule has 0 fully saturated rings. The lowest BCUT2D eigenvalue weighted by molar-refractivity contribution is 0.817. The van der Waals surface area contributed by atoms with Gasteiger partial charge in [0.2, 0.25) is 5.95 Å². The fraction of sp³-hybridized carbons (Fsp3) is 0.0588. The molecule has 2 heterocycles. The quantitative estimate of drug-likeness (QED) is 0.600. The summed E-state index contributed by atoms with van der Waals surface area (Å²) in [5.74, 6) is 0.483. The summed E-state index contributed by atoms with van der Waals surface area (Å²) in [5.41, 5.74) is 9.79. The third kappa shape index (κ3) is 2.68. The van der Waals surface area contributed by atoms with Crippen LogP contribution in [0.25, 0.3) is 16.9 Å². The average Bonchev–Trinajstić information content (AvgIpc) is 3.06. The number of nitrogens with zero attached hydrogens (tertiary/aromatic N) is 5. The molecule has 0 radical (unpaired) electrons. The highest BCUT2D eigenvalue weighted by atomic mass is 15.4. The highest BCUT2D eigenvalue weighted by molar-refractivity contribution is 5.72. The van der Waals surface area contributed by atoms with E-state index in [0.29, 0.717) is 23.7 Å². The molecule has 0 bridgehead atoms. The molecule has 2 aromatic heterocycles. The van der Waals surface area contributed by atoms with Gasteiger partial charge in [-0.25, -0.2) is 4.98 Å². The SMILES string of the molecule is NCc1cccc(Nc2ncc3nnn(-c4ccccc4)c3n2)c1. The monoisotopic (exact) mass is 317 g/mol. The minimum Gasteiger partial charge on any atom is -0.326 e. The second kappa shape index (κ2) is 6.05. The summed E-state index contributed by atoms with van der Waals surface area (Å²) in [6.45, 7) is 0.486. The molecule has 3 N–H and O–H groups in total. The Morgan fingerprint density at radius 2 is 1.92 bits per heavy atom. The largest absolute Gasteiger partial charge is 0.326 e. The van der Waals surface area contributed by atoms with Gasteiger partial charge in [-0.15, -0.1) is 5.10 Å². The van der Waals surface area contributed by atoms with Crippen LogP contribution in [0, 0.1) is 0 Å². The van der Waals surface area contributed by atoms with E-state index in [2.05, 4.69) is 25.6 Å². The normalized spacial score (nSPS) is 10.9. The van der Waals surface area contributed by atoms with Crippen molar-refractivity contribution in [2.75, 3.05) is 5.32 Å². The summed E-state index contributed by atoms with van der Waals surface area (Å²) in [7, 11) is 0. The topological polar surface area (TPSA) is 94.5 Å². The molecule has 4 rings (SSSR count). The molecule has 24 heavy (non-hydrogen) atoms. The summed E-state index contributed by atoms with van der Waals surface area (Å²) in [6, 6.07) is 17.6. The molecule has 0 aliphatic heterocycles. The van der Waals surface area contributed by atoms with E-state index in [4.69, 9.17) is 5.73 Å². The standard InChI is InChI=1S/C17H15N7/c18-10-12-5-4-6-13(9-12)20-17-19-11-15-16(21-17)24(23-22-15)14-7-2-1-3-8-14/h1-9,11H,10,18H2,(H,19,20,21). The molecule has 0 saturated carbocycles. The highest BCUT2D eigenvalue weighted by Crippen LogP contribution is 2.18. The Labute approximate surface area is 138 Å². The number of nitrogens with one attached hydrogen (secondary N) is 1. The first-order chi connectivity index (χ1) is 11.8. The Balaban J connectivity index is 1.72. The van der Waals surface area contributed by atoms with Crippen molar-refractivity contribution in [3.05, 3.63) is 66.4 Å². The van der Waals surface area contributed by atoms with Gasteiger partial charge in [-0.1, -0.05) is 35.5 Å². The predicted octanol–water partition coefficient (Wildman–Crippen LogP) is 2.41. The van der Waals surface area contributed by atoms with Gasteiger partial charge in [0.15, 0.2) is 11.2 Å². The van der Waals surface area contributed by atoms with Crippen molar-refractivity contribution in [3.8, 4) is 5.69 Å². The Kier molecular flexibility index (Phi) is 3.60. The van der Waals surface area contributed by atoms with Gasteiger partial charge in [-0.05, 0) is 29.8 Å². The highest BCUT2D eigenvalue weighted by Gasteiger charge is 2.10. The van der Waals surface area contributed by atoms with E-state index in [0.717, 1.165) is 16.9 Å². The first-order valence-corrected chi connectivity index (χ1v) is 7.53. The Morgan fingerprint density at radius 3 is 2.75 bits per heavy atom. The molecule has 0 aliphatic carbocycles. The third-order valence-corrected chi connectivity index (χ3v) is 3.61. The van der Waals surface area contributed by atoms with E-state index in [1.165, 1.54) is 0 Å². The minimum absolute atomic E-state index is 0.483. The molecule has 7 nitrogen and oxygen atoms in total. The van der Waals surface area contributed by atoms with Gasteiger partial charge in [-0.2, -0.15) is 9.67 Å². The van der Waals surface area contributed by atoms with Gasteiger partial charge in [0.1, 0.15) is 0 Å². The van der Waals surface area contributed by atoms with Crippen LogP contribution in [0.3, 0.4) is 0 Å². The predicted molar refractivity (Wildman–Crippen MR) is 92.1 cm³/mol. The molecular formula is C17H15N7. The molecular weight excluding hydrogens is 302 g/mol. The van der Waals surface area contributed by atoms with Crippen molar-refractivity contribution >= 4 is 22.8 Å². The maximum Gasteiger partial charge on any atom is 0.229 e. The molecule has 0 saturated heterocycles. The fourth-order valence-corrected chi connectivity index (χ4v) is 2.44. The van der Waals surface area contributed by atoms with Crippen molar-refractivity contribution < 1.29 is 0 Å². The van der Waals surface area contributed by atoms with Gasteiger partial charge < -0.3 is 11.1 Å². The number of fused-ring (bicyclic) bond motifs is 1. The summed E-state index contributed by atoms with van der Waals surface area (Å²) < 4.78 is 1.69. The molecule has 0 amide bonds. The number of nitrogens with two attached hydrogens (primary N) is 1. The van der Waals surface area contributed by atoms with E-state index in [1.807, 2.05) is 54.6 Å². The Bertz CT molecular complexity index is 979. The maximum absolute atomic E-state index is 5.68. The first kappa shape index (κ1) is 14.3. The summed E-state index contributed by atoms with van der Waals surface area (Å²) in [5, 5.41) is 11.5. The number of anilines is 2. The first-order valence-electron chi connectivity index (χ1n) is 7.53. The summed E-state index contributed by atoms with van der Waals surface area (Å²) >= 11 is 0. The molecule has 0 aliphatic rings. The Hall–Kier alpha value is -3.32. The number of hydrogen-bond donors (Lipinski definition) is 2. The number of aromatic nitrogens is 5. The van der Waals surface area contributed by atoms with Crippen LogP contribution in [0.5, 0.6) is 0 Å². The minimum atomic E-state index is 0.483. The van der Waals surface area contributed by atoms with Gasteiger partial charge >= 0.3 is 0 Å². The summed E-state index contributed by atoms with van der Waals surface area (Å²) in [6.07, 6.45) is 1.66. The van der Waals surface area contributed by atoms with E-state index >= 15 is 0 Å². The van der Waals surface area contributed by atoms with Crippen molar-refractivity contribution in [1.82, 2.24) is 25.0 Å². The van der Waals surface area contributed by atoms with E-state index in [1.54, 1.807) is 10.9 Å². The molecule has 2 aromatic carbocycles. The lowest BCUT2D eigenvalue weighted by Gasteiger charge is -2.06. The molecule has 0 spiro atoms. The second-order valence-corrected chi connectivity index (χ2v) is 5.27. The van der Waals surface area contributed by atoms with Crippen LogP contribution in [-0.4, -0.2) is 25.0 Å². The molecule has 0 atom stereocenters. The Morgan fingerprint density at radius 1 is 1.04 bits per heavy atom. The van der Waals surface area contributed by atoms with Crippen LogP contribution in [0.1, 0.15) is 5.56 Å². The lowest BCUT2D eigenvalue weighted by atomic mass is 10.2. The molecule has 4 aromatic rings. The van der Waals surface area contributed by atoms with Crippen LogP contribution >= 0.6 is 0 Å². The van der Waals surface area contributed by atoms with Gasteiger partial charge in [0, 0.05) is 12.2 Å². The zero-order valence-corrected chi connectivity index (χ0v) is 12.8. The van der Waals surface area contributed by atoms with Crippen LogP contribution in [0.15, 0.2) is 60.8 Å². The van der Waals surface area contributed by atoms with Crippen molar-refractivity contribution in [3.63, 3.8) is 0 Å². The number of hydrogen-bond acceptors (Lipinski definition) is 6. The fourth-order valence-electron chi connectivity index (χ4n) is 2.44. The smallest absolute Gasteiger partial charge is 0.229 e. The second-order valence-electron chi connectivity index (χ2n) is 5.27. The van der Waals surface area contributed by atoms with Crippen molar-refractivity contribution in [2.24, 2.45) is 5.73 Å². The maximum atomic E-state index is 5.68. The zero-order chi connectivity index (χ0) is 16.4. The molecule has 118 valence electrons. The zero-order valence-electron chi connectivity index (χ0n) is 12.8. The summed E-state index contributed by atoms with van der Waals surface area (Å²) in [4.78, 5) is 8.84. The lowest BCUT2D eigenvalue weighted by Crippen LogP contribution is -2.02. The van der Waals surface area contributed by atoms with Gasteiger partial charge in [0.25, 0.3) is 0 Å². The van der Waals surface area contributed by atoms with Gasteiger partial charge in [0.05, 0.1) is 11.9 Å². The van der Waals surface area contributed by atoms with Gasteiger partial charge in [-0.3, -0.25) is 0 Å². The van der Waals surface area contributed by atoms with E-state index < -0.39 is 0 Å².